The van der Waals surface area contributed by atoms with Gasteiger partial charge in [0, 0.05) is 36.2 Å². The molecule has 0 unspecified atom stereocenters. The van der Waals surface area contributed by atoms with Crippen LogP contribution in [0, 0.1) is 11.3 Å². The van der Waals surface area contributed by atoms with Crippen molar-refractivity contribution in [3.05, 3.63) is 86.4 Å². The van der Waals surface area contributed by atoms with Gasteiger partial charge in [-0.15, -0.1) is 0 Å². The lowest BCUT2D eigenvalue weighted by Gasteiger charge is -2.11. The normalized spacial score (nSPS) is 11.3. The molecule has 0 fully saturated rings. The number of rotatable bonds is 8. The Kier molecular flexibility index (Phi) is 7.99. The van der Waals surface area contributed by atoms with Crippen LogP contribution in [0.3, 0.4) is 0 Å². The third kappa shape index (κ3) is 5.95. The number of hydrogen-bond acceptors (Lipinski definition) is 7. The van der Waals surface area contributed by atoms with Gasteiger partial charge < -0.3 is 15.0 Å². The molecule has 0 saturated carbocycles. The SMILES string of the molecule is COc1cccc(-c2nc(SCc3cccc(NCc4c(C(F)(F)F)nn(C)c4Cl)c3)[nH]c(=O)c2C#N)c1. The van der Waals surface area contributed by atoms with Crippen molar-refractivity contribution in [3.8, 4) is 23.1 Å². The summed E-state index contributed by atoms with van der Waals surface area (Å²) in [5.41, 5.74) is 0.345. The fourth-order valence-electron chi connectivity index (χ4n) is 3.65. The Hall–Kier alpha value is -3.95. The first-order valence-corrected chi connectivity index (χ1v) is 12.4. The topological polar surface area (TPSA) is 109 Å². The summed E-state index contributed by atoms with van der Waals surface area (Å²) in [4.78, 5) is 19.7. The molecular formula is C25H20ClF3N6O2S. The molecule has 0 atom stereocenters. The molecule has 0 aliphatic heterocycles. The molecule has 0 bridgehead atoms. The van der Waals surface area contributed by atoms with E-state index in [-0.39, 0.29) is 28.5 Å². The Morgan fingerprint density at radius 2 is 2.00 bits per heavy atom. The van der Waals surface area contributed by atoms with Crippen molar-refractivity contribution in [2.45, 2.75) is 23.6 Å². The lowest BCUT2D eigenvalue weighted by atomic mass is 10.1. The van der Waals surface area contributed by atoms with Crippen LogP contribution in [0.4, 0.5) is 18.9 Å². The highest BCUT2D eigenvalue weighted by molar-refractivity contribution is 7.98. The molecule has 8 nitrogen and oxygen atoms in total. The van der Waals surface area contributed by atoms with Gasteiger partial charge in [0.2, 0.25) is 0 Å². The molecule has 2 aromatic heterocycles. The van der Waals surface area contributed by atoms with Crippen molar-refractivity contribution >= 4 is 29.1 Å². The molecule has 2 N–H and O–H groups in total. The maximum Gasteiger partial charge on any atom is 0.435 e. The first-order valence-electron chi connectivity index (χ1n) is 11.0. The lowest BCUT2D eigenvalue weighted by Crippen LogP contribution is -2.14. The van der Waals surface area contributed by atoms with E-state index < -0.39 is 17.4 Å². The van der Waals surface area contributed by atoms with Gasteiger partial charge in [-0.05, 0) is 29.8 Å². The fraction of sp³-hybridized carbons (Fsp3) is 0.200. The van der Waals surface area contributed by atoms with Crippen LogP contribution in [0.5, 0.6) is 5.75 Å². The third-order valence-corrected chi connectivity index (χ3v) is 6.88. The summed E-state index contributed by atoms with van der Waals surface area (Å²) in [6, 6.07) is 15.9. The Morgan fingerprint density at radius 3 is 2.71 bits per heavy atom. The molecule has 2 heterocycles. The van der Waals surface area contributed by atoms with E-state index in [9.17, 15) is 23.2 Å². The van der Waals surface area contributed by atoms with Gasteiger partial charge in [-0.25, -0.2) is 4.98 Å². The van der Waals surface area contributed by atoms with Crippen LogP contribution in [0.2, 0.25) is 5.15 Å². The van der Waals surface area contributed by atoms with Gasteiger partial charge in [-0.2, -0.15) is 23.5 Å². The Labute approximate surface area is 224 Å². The molecule has 0 aliphatic rings. The molecule has 0 aliphatic carbocycles. The van der Waals surface area contributed by atoms with E-state index in [2.05, 4.69) is 20.4 Å². The first kappa shape index (κ1) is 27.1. The second-order valence-electron chi connectivity index (χ2n) is 8.02. The van der Waals surface area contributed by atoms with E-state index in [1.807, 2.05) is 12.1 Å². The summed E-state index contributed by atoms with van der Waals surface area (Å²) < 4.78 is 46.2. The van der Waals surface area contributed by atoms with Gasteiger partial charge in [0.15, 0.2) is 10.9 Å². The van der Waals surface area contributed by atoms with Crippen molar-refractivity contribution in [2.75, 3.05) is 12.4 Å². The number of alkyl halides is 3. The number of anilines is 1. The summed E-state index contributed by atoms with van der Waals surface area (Å²) in [5.74, 6) is 0.950. The third-order valence-electron chi connectivity index (χ3n) is 5.46. The Balaban J connectivity index is 1.52. The van der Waals surface area contributed by atoms with E-state index in [4.69, 9.17) is 16.3 Å². The molecule has 0 saturated heterocycles. The number of nitrogens with one attached hydrogen (secondary N) is 2. The lowest BCUT2D eigenvalue weighted by molar-refractivity contribution is -0.142. The van der Waals surface area contributed by atoms with E-state index in [0.29, 0.717) is 27.9 Å². The van der Waals surface area contributed by atoms with Gasteiger partial charge in [-0.1, -0.05) is 47.6 Å². The second kappa shape index (κ2) is 11.2. The largest absolute Gasteiger partial charge is 0.497 e. The van der Waals surface area contributed by atoms with Crippen LogP contribution in [0.15, 0.2) is 58.5 Å². The van der Waals surface area contributed by atoms with Crippen LogP contribution in [0.1, 0.15) is 22.4 Å². The van der Waals surface area contributed by atoms with Crippen LogP contribution >= 0.6 is 23.4 Å². The van der Waals surface area contributed by atoms with Gasteiger partial charge in [0.25, 0.3) is 5.56 Å². The minimum absolute atomic E-state index is 0.0979. The van der Waals surface area contributed by atoms with Crippen LogP contribution < -0.4 is 15.6 Å². The van der Waals surface area contributed by atoms with Crippen molar-refractivity contribution in [1.29, 1.82) is 5.26 Å². The molecule has 4 aromatic rings. The number of nitrogens with zero attached hydrogens (tertiary/aromatic N) is 4. The van der Waals surface area contributed by atoms with Crippen LogP contribution in [-0.2, 0) is 25.5 Å². The highest BCUT2D eigenvalue weighted by Crippen LogP contribution is 2.34. The second-order valence-corrected chi connectivity index (χ2v) is 9.34. The average Bonchev–Trinajstić information content (AvgIpc) is 3.19. The zero-order valence-corrected chi connectivity index (χ0v) is 21.6. The average molecular weight is 561 g/mol. The number of benzene rings is 2. The summed E-state index contributed by atoms with van der Waals surface area (Å²) in [7, 11) is 2.86. The van der Waals surface area contributed by atoms with E-state index in [1.54, 1.807) is 42.5 Å². The maximum absolute atomic E-state index is 13.3. The molecule has 4 rings (SSSR count). The molecule has 0 radical (unpaired) electrons. The Morgan fingerprint density at radius 1 is 1.24 bits per heavy atom. The van der Waals surface area contributed by atoms with Crippen molar-refractivity contribution < 1.29 is 17.9 Å². The number of hydrogen-bond donors (Lipinski definition) is 2. The van der Waals surface area contributed by atoms with E-state index in [1.165, 1.54) is 25.9 Å². The number of ether oxygens (including phenoxy) is 1. The smallest absolute Gasteiger partial charge is 0.435 e. The van der Waals surface area contributed by atoms with Gasteiger partial charge in [-0.3, -0.25) is 9.48 Å². The number of aromatic amines is 1. The first-order chi connectivity index (χ1) is 18.1. The van der Waals surface area contributed by atoms with Gasteiger partial charge in [0.05, 0.1) is 12.8 Å². The highest BCUT2D eigenvalue weighted by Gasteiger charge is 2.38. The maximum atomic E-state index is 13.3. The standard InChI is InChI=1S/C25H20ClF3N6O2S/c1-35-22(26)19(21(34-35)25(27,28)29)12-31-16-7-3-5-14(9-16)13-38-24-32-20(18(11-30)23(36)33-24)15-6-4-8-17(10-15)37-2/h3-10,31H,12-13H2,1-2H3,(H,32,33,36). The van der Waals surface area contributed by atoms with Gasteiger partial charge >= 0.3 is 6.18 Å². The zero-order valence-electron chi connectivity index (χ0n) is 20.1. The quantitative estimate of drug-likeness (QED) is 0.212. The molecule has 0 spiro atoms. The minimum Gasteiger partial charge on any atom is -0.497 e. The summed E-state index contributed by atoms with van der Waals surface area (Å²) in [5, 5.41) is 16.2. The zero-order chi connectivity index (χ0) is 27.4. The molecule has 13 heteroatoms. The van der Waals surface area contributed by atoms with Crippen LogP contribution in [0.25, 0.3) is 11.3 Å². The summed E-state index contributed by atoms with van der Waals surface area (Å²) in [6.45, 7) is -0.174. The molecule has 2 aromatic carbocycles. The van der Waals surface area contributed by atoms with E-state index in [0.717, 1.165) is 10.2 Å². The predicted octanol–water partition coefficient (Wildman–Crippen LogP) is 5.63. The highest BCUT2D eigenvalue weighted by atomic mass is 35.5. The van der Waals surface area contributed by atoms with E-state index >= 15 is 0 Å². The summed E-state index contributed by atoms with van der Waals surface area (Å²) >= 11 is 7.28. The molecule has 196 valence electrons. The number of nitriles is 1. The monoisotopic (exact) mass is 560 g/mol. The van der Waals surface area contributed by atoms with Crippen molar-refractivity contribution in [3.63, 3.8) is 0 Å². The minimum atomic E-state index is -4.63. The van der Waals surface area contributed by atoms with Crippen molar-refractivity contribution in [1.82, 2.24) is 19.7 Å². The number of thioether (sulfide) groups is 1. The Bertz CT molecular complexity index is 1580. The fourth-order valence-corrected chi connectivity index (χ4v) is 4.65. The number of halogens is 4. The summed E-state index contributed by atoms with van der Waals surface area (Å²) in [6.07, 6.45) is -4.63. The number of aryl methyl sites for hydroxylation is 1. The van der Waals surface area contributed by atoms with Crippen LogP contribution in [-0.4, -0.2) is 26.9 Å². The number of methoxy groups -OCH3 is 1. The number of H-pyrrole nitrogens is 1. The number of aromatic nitrogens is 4. The van der Waals surface area contributed by atoms with Crippen molar-refractivity contribution in [2.24, 2.45) is 7.05 Å². The molecule has 38 heavy (non-hydrogen) atoms. The molecule has 0 amide bonds. The predicted molar refractivity (Wildman–Crippen MR) is 138 cm³/mol. The molecular weight excluding hydrogens is 541 g/mol. The van der Waals surface area contributed by atoms with Gasteiger partial charge in [0.1, 0.15) is 22.5 Å².